The number of fused-ring (bicyclic) bond motifs is 1. The van der Waals surface area contributed by atoms with E-state index >= 15 is 0 Å². The second-order valence-corrected chi connectivity index (χ2v) is 7.79. The fourth-order valence-electron chi connectivity index (χ4n) is 3.69. The number of rotatable bonds is 4. The summed E-state index contributed by atoms with van der Waals surface area (Å²) < 4.78 is 73.8. The third-order valence-corrected chi connectivity index (χ3v) is 5.48. The first-order chi connectivity index (χ1) is 16.0. The Balaban J connectivity index is 1.74. The molecule has 1 N–H and O–H groups in total. The van der Waals surface area contributed by atoms with Gasteiger partial charge in [0.15, 0.2) is 17.1 Å². The van der Waals surface area contributed by atoms with Crippen molar-refractivity contribution in [2.75, 3.05) is 7.11 Å². The Bertz CT molecular complexity index is 1440. The normalized spacial score (nSPS) is 11.6. The van der Waals surface area contributed by atoms with Crippen LogP contribution in [0.5, 0.6) is 11.5 Å². The highest BCUT2D eigenvalue weighted by molar-refractivity contribution is 6.32. The molecule has 0 aliphatic heterocycles. The van der Waals surface area contributed by atoms with Crippen LogP contribution in [-0.2, 0) is 0 Å². The molecule has 0 fully saturated rings. The van der Waals surface area contributed by atoms with E-state index in [1.807, 2.05) is 0 Å². The Kier molecular flexibility index (Phi) is 5.99. The highest BCUT2D eigenvalue weighted by atomic mass is 35.5. The van der Waals surface area contributed by atoms with Gasteiger partial charge in [0.1, 0.15) is 5.75 Å². The molecule has 4 aromatic rings. The molecule has 10 heteroatoms. The van der Waals surface area contributed by atoms with Gasteiger partial charge in [0.2, 0.25) is 5.75 Å². The van der Waals surface area contributed by atoms with Gasteiger partial charge >= 0.3 is 6.36 Å². The van der Waals surface area contributed by atoms with E-state index in [9.17, 15) is 26.7 Å². The summed E-state index contributed by atoms with van der Waals surface area (Å²) in [5.74, 6) is -4.11. The van der Waals surface area contributed by atoms with Crippen LogP contribution in [0.25, 0.3) is 33.2 Å². The average Bonchev–Trinajstić information content (AvgIpc) is 2.76. The van der Waals surface area contributed by atoms with E-state index in [4.69, 9.17) is 16.3 Å². The van der Waals surface area contributed by atoms with E-state index in [1.165, 1.54) is 25.3 Å². The SMILES string of the molecule is COc1cc2[nH]c(C)c(-c3ccc(-c4cc(F)c(OC(F)(F)F)c(F)c4)cc3)c(=O)c2cc1Cl. The third-order valence-electron chi connectivity index (χ3n) is 5.18. The molecule has 0 bridgehead atoms. The van der Waals surface area contributed by atoms with E-state index in [1.54, 1.807) is 25.1 Å². The molecule has 0 unspecified atom stereocenters. The minimum Gasteiger partial charge on any atom is -0.495 e. The number of pyridine rings is 1. The van der Waals surface area contributed by atoms with Crippen molar-refractivity contribution in [3.63, 3.8) is 0 Å². The maximum Gasteiger partial charge on any atom is 0.573 e. The van der Waals surface area contributed by atoms with E-state index in [0.29, 0.717) is 39.0 Å². The summed E-state index contributed by atoms with van der Waals surface area (Å²) in [7, 11) is 1.46. The van der Waals surface area contributed by atoms with Crippen molar-refractivity contribution in [2.24, 2.45) is 0 Å². The van der Waals surface area contributed by atoms with Crippen LogP contribution in [0.3, 0.4) is 0 Å². The summed E-state index contributed by atoms with van der Waals surface area (Å²) in [6.07, 6.45) is -5.23. The van der Waals surface area contributed by atoms with Crippen molar-refractivity contribution in [3.05, 3.63) is 81.1 Å². The molecule has 4 nitrogen and oxygen atoms in total. The molecule has 0 amide bonds. The lowest BCUT2D eigenvalue weighted by Crippen LogP contribution is -2.19. The van der Waals surface area contributed by atoms with Gasteiger partial charge in [0.05, 0.1) is 17.6 Å². The van der Waals surface area contributed by atoms with Crippen molar-refractivity contribution in [2.45, 2.75) is 13.3 Å². The number of alkyl halides is 3. The van der Waals surface area contributed by atoms with Crippen molar-refractivity contribution in [1.82, 2.24) is 4.98 Å². The molecule has 176 valence electrons. The number of ether oxygens (including phenoxy) is 2. The summed E-state index contributed by atoms with van der Waals surface area (Å²) in [6, 6.07) is 10.7. The molecule has 0 radical (unpaired) electrons. The summed E-state index contributed by atoms with van der Waals surface area (Å²) >= 11 is 6.16. The Hall–Kier alpha value is -3.59. The third kappa shape index (κ3) is 4.43. The van der Waals surface area contributed by atoms with Crippen LogP contribution in [0.2, 0.25) is 5.02 Å². The van der Waals surface area contributed by atoms with E-state index < -0.39 is 23.7 Å². The Labute approximate surface area is 194 Å². The van der Waals surface area contributed by atoms with Crippen LogP contribution in [0, 0.1) is 18.6 Å². The van der Waals surface area contributed by atoms with Crippen molar-refractivity contribution < 1.29 is 31.4 Å². The van der Waals surface area contributed by atoms with Crippen LogP contribution in [0.4, 0.5) is 22.0 Å². The number of aromatic amines is 1. The van der Waals surface area contributed by atoms with Gasteiger partial charge in [-0.3, -0.25) is 4.79 Å². The van der Waals surface area contributed by atoms with E-state index in [2.05, 4.69) is 9.72 Å². The minimum absolute atomic E-state index is 0.000839. The van der Waals surface area contributed by atoms with Crippen molar-refractivity contribution >= 4 is 22.5 Å². The monoisotopic (exact) mass is 495 g/mol. The quantitative estimate of drug-likeness (QED) is 0.310. The zero-order chi connectivity index (χ0) is 24.8. The number of hydrogen-bond donors (Lipinski definition) is 1. The van der Waals surface area contributed by atoms with Gasteiger partial charge in [-0.1, -0.05) is 35.9 Å². The summed E-state index contributed by atoms with van der Waals surface area (Å²) in [5.41, 5.74) is 2.04. The van der Waals surface area contributed by atoms with Crippen LogP contribution in [0.15, 0.2) is 53.3 Å². The van der Waals surface area contributed by atoms with Gasteiger partial charge in [-0.05, 0) is 41.8 Å². The Morgan fingerprint density at radius 2 is 1.50 bits per heavy atom. The number of hydrogen-bond acceptors (Lipinski definition) is 3. The standard InChI is InChI=1S/C24H15ClF5NO3/c1-11-21(22(32)15-9-16(25)20(33-2)10-19(15)31-11)13-5-3-12(4-6-13)14-7-17(26)23(18(27)8-14)34-24(28,29)30/h3-10H,1-2H3,(H,31,32). The number of aryl methyl sites for hydroxylation is 1. The molecule has 3 aromatic carbocycles. The number of H-pyrrole nitrogens is 1. The number of benzene rings is 3. The second kappa shape index (κ2) is 8.64. The number of methoxy groups -OCH3 is 1. The molecule has 0 saturated carbocycles. The number of aromatic nitrogens is 1. The van der Waals surface area contributed by atoms with Gasteiger partial charge in [0, 0.05) is 22.7 Å². The largest absolute Gasteiger partial charge is 0.573 e. The summed E-state index contributed by atoms with van der Waals surface area (Å²) in [6.45, 7) is 1.72. The minimum atomic E-state index is -5.23. The fraction of sp³-hybridized carbons (Fsp3) is 0.125. The predicted molar refractivity (Wildman–Crippen MR) is 118 cm³/mol. The molecule has 0 spiro atoms. The topological polar surface area (TPSA) is 51.3 Å². The lowest BCUT2D eigenvalue weighted by atomic mass is 9.97. The molecule has 0 saturated heterocycles. The smallest absolute Gasteiger partial charge is 0.495 e. The van der Waals surface area contributed by atoms with E-state index in [0.717, 1.165) is 12.1 Å². The Morgan fingerprint density at radius 1 is 0.912 bits per heavy atom. The van der Waals surface area contributed by atoms with Gasteiger partial charge in [-0.15, -0.1) is 13.2 Å². The van der Waals surface area contributed by atoms with Crippen molar-refractivity contribution in [3.8, 4) is 33.8 Å². The molecular weight excluding hydrogens is 481 g/mol. The molecule has 0 atom stereocenters. The fourth-order valence-corrected chi connectivity index (χ4v) is 3.93. The lowest BCUT2D eigenvalue weighted by Gasteiger charge is -2.13. The maximum atomic E-state index is 14.1. The summed E-state index contributed by atoms with van der Waals surface area (Å²) in [4.78, 5) is 16.3. The van der Waals surface area contributed by atoms with Gasteiger partial charge in [0.25, 0.3) is 0 Å². The zero-order valence-corrected chi connectivity index (χ0v) is 18.4. The molecular formula is C24H15ClF5NO3. The first-order valence-corrected chi connectivity index (χ1v) is 10.1. The molecule has 4 rings (SSSR count). The first-order valence-electron chi connectivity index (χ1n) is 9.74. The van der Waals surface area contributed by atoms with Crippen LogP contribution in [-0.4, -0.2) is 18.5 Å². The molecule has 0 aliphatic rings. The molecule has 0 aliphatic carbocycles. The van der Waals surface area contributed by atoms with Crippen LogP contribution < -0.4 is 14.9 Å². The molecule has 1 aromatic heterocycles. The van der Waals surface area contributed by atoms with Gasteiger partial charge in [-0.2, -0.15) is 0 Å². The average molecular weight is 496 g/mol. The predicted octanol–water partition coefficient (Wildman–Crippen LogP) is 7.01. The van der Waals surface area contributed by atoms with E-state index in [-0.39, 0.29) is 16.0 Å². The number of nitrogens with one attached hydrogen (secondary N) is 1. The van der Waals surface area contributed by atoms with Gasteiger partial charge < -0.3 is 14.5 Å². The van der Waals surface area contributed by atoms with Crippen LogP contribution in [0.1, 0.15) is 5.69 Å². The molecule has 1 heterocycles. The Morgan fingerprint density at radius 3 is 2.06 bits per heavy atom. The van der Waals surface area contributed by atoms with Crippen LogP contribution >= 0.6 is 11.6 Å². The van der Waals surface area contributed by atoms with Crippen molar-refractivity contribution in [1.29, 1.82) is 0 Å². The summed E-state index contributed by atoms with van der Waals surface area (Å²) in [5, 5.41) is 0.618. The number of halogens is 6. The second-order valence-electron chi connectivity index (χ2n) is 7.38. The highest BCUT2D eigenvalue weighted by Gasteiger charge is 2.34. The molecule has 34 heavy (non-hydrogen) atoms. The van der Waals surface area contributed by atoms with Gasteiger partial charge in [-0.25, -0.2) is 8.78 Å². The highest BCUT2D eigenvalue weighted by Crippen LogP contribution is 2.34. The first kappa shape index (κ1) is 23.6. The lowest BCUT2D eigenvalue weighted by molar-refractivity contribution is -0.276. The zero-order valence-electron chi connectivity index (χ0n) is 17.6. The maximum absolute atomic E-state index is 14.1.